The summed E-state index contributed by atoms with van der Waals surface area (Å²) in [6, 6.07) is 5.75. The van der Waals surface area contributed by atoms with E-state index < -0.39 is 42.0 Å². The first kappa shape index (κ1) is 27.2. The van der Waals surface area contributed by atoms with Crippen LogP contribution in [0.15, 0.2) is 24.3 Å². The first-order chi connectivity index (χ1) is 18.3. The molecule has 1 saturated heterocycles. The number of carbonyl (C=O) groups excluding carboxylic acids is 5. The lowest BCUT2D eigenvalue weighted by molar-refractivity contribution is -0.141. The van der Waals surface area contributed by atoms with Crippen LogP contribution in [0.1, 0.15) is 61.9 Å². The molecule has 0 spiro atoms. The Bertz CT molecular complexity index is 1200. The molecule has 1 aliphatic carbocycles. The van der Waals surface area contributed by atoms with Gasteiger partial charge < -0.3 is 31.0 Å². The van der Waals surface area contributed by atoms with E-state index in [2.05, 4.69) is 26.3 Å². The molecule has 0 radical (unpaired) electrons. The van der Waals surface area contributed by atoms with Crippen LogP contribution < -0.4 is 26.0 Å². The van der Waals surface area contributed by atoms with Gasteiger partial charge in [-0.15, -0.1) is 0 Å². The summed E-state index contributed by atoms with van der Waals surface area (Å²) in [5.74, 6) is -2.69. The van der Waals surface area contributed by atoms with Crippen molar-refractivity contribution >= 4 is 40.3 Å². The summed E-state index contributed by atoms with van der Waals surface area (Å²) in [7, 11) is 1.55. The van der Waals surface area contributed by atoms with Crippen LogP contribution in [-0.4, -0.2) is 66.7 Å². The van der Waals surface area contributed by atoms with Crippen LogP contribution >= 0.6 is 0 Å². The number of ether oxygens (including phenoxy) is 1. The number of nitrogens with one attached hydrogen (secondary N) is 5. The van der Waals surface area contributed by atoms with Gasteiger partial charge in [0.1, 0.15) is 11.4 Å². The minimum absolute atomic E-state index is 0.0201. The van der Waals surface area contributed by atoms with E-state index >= 15 is 0 Å². The molecule has 2 atom stereocenters. The van der Waals surface area contributed by atoms with Gasteiger partial charge in [0.25, 0.3) is 11.8 Å². The number of fused-ring (bicyclic) bond motifs is 1. The second kappa shape index (κ2) is 12.6. The van der Waals surface area contributed by atoms with Gasteiger partial charge in [-0.1, -0.05) is 19.3 Å². The van der Waals surface area contributed by atoms with Crippen molar-refractivity contribution < 1.29 is 28.7 Å². The molecule has 1 aliphatic heterocycles. The number of aromatic nitrogens is 1. The number of rotatable bonds is 10. The number of carbonyl (C=O) groups is 5. The average molecular weight is 526 g/mol. The zero-order valence-electron chi connectivity index (χ0n) is 21.6. The molecule has 1 aromatic heterocycles. The highest BCUT2D eigenvalue weighted by Crippen LogP contribution is 2.22. The third kappa shape index (κ3) is 6.90. The van der Waals surface area contributed by atoms with Gasteiger partial charge in [0.15, 0.2) is 0 Å². The Kier molecular flexibility index (Phi) is 8.98. The standard InChI is InChI=1S/C27H35N5O6/c1-38-19-9-10-20-17(12-19)14-22(31-20)26(36)29-15-23(33)32-21(13-16-6-5-11-28-25(16)35)24(34)27(37)30-18-7-3-2-4-8-18/h9-10,12,14,16,18,21,31H,2-8,11,13,15H2,1H3,(H,28,35)(H,29,36)(H,30,37)(H,32,33). The van der Waals surface area contributed by atoms with Crippen LogP contribution in [0.3, 0.4) is 0 Å². The van der Waals surface area contributed by atoms with E-state index in [9.17, 15) is 24.0 Å². The van der Waals surface area contributed by atoms with E-state index in [0.29, 0.717) is 18.7 Å². The number of Topliss-reactive ketones (excluding diaryl/α,β-unsaturated/α-hetero) is 1. The van der Waals surface area contributed by atoms with Gasteiger partial charge in [0.2, 0.25) is 17.6 Å². The molecule has 2 fully saturated rings. The number of H-pyrrole nitrogens is 1. The van der Waals surface area contributed by atoms with Crippen LogP contribution in [0.5, 0.6) is 5.75 Å². The number of piperidine rings is 1. The average Bonchev–Trinajstić information content (AvgIpc) is 3.36. The Morgan fingerprint density at radius 1 is 1.05 bits per heavy atom. The molecule has 2 aliphatic rings. The molecule has 204 valence electrons. The van der Waals surface area contributed by atoms with Crippen LogP contribution in [0.4, 0.5) is 0 Å². The minimum Gasteiger partial charge on any atom is -0.497 e. The van der Waals surface area contributed by atoms with E-state index in [0.717, 1.165) is 49.4 Å². The van der Waals surface area contributed by atoms with Gasteiger partial charge in [-0.3, -0.25) is 24.0 Å². The molecule has 2 heterocycles. The van der Waals surface area contributed by atoms with Crippen LogP contribution in [-0.2, 0) is 19.2 Å². The van der Waals surface area contributed by atoms with Gasteiger partial charge in [-0.05, 0) is 56.4 Å². The van der Waals surface area contributed by atoms with E-state index in [-0.39, 0.29) is 24.1 Å². The summed E-state index contributed by atoms with van der Waals surface area (Å²) < 4.78 is 5.20. The Morgan fingerprint density at radius 2 is 1.84 bits per heavy atom. The Hall–Kier alpha value is -3.89. The van der Waals surface area contributed by atoms with E-state index in [1.165, 1.54) is 0 Å². The summed E-state index contributed by atoms with van der Waals surface area (Å²) in [5, 5.41) is 11.5. The highest BCUT2D eigenvalue weighted by molar-refractivity contribution is 6.38. The Labute approximate surface area is 220 Å². The molecule has 4 amide bonds. The van der Waals surface area contributed by atoms with Crippen molar-refractivity contribution in [2.75, 3.05) is 20.2 Å². The second-order valence-electron chi connectivity index (χ2n) is 9.98. The number of amides is 4. The number of aromatic amines is 1. The molecule has 11 nitrogen and oxygen atoms in total. The summed E-state index contributed by atoms with van der Waals surface area (Å²) in [4.78, 5) is 66.5. The summed E-state index contributed by atoms with van der Waals surface area (Å²) in [6.45, 7) is 0.164. The molecule has 1 aromatic carbocycles. The molecule has 0 bridgehead atoms. The van der Waals surface area contributed by atoms with Crippen molar-refractivity contribution in [1.82, 2.24) is 26.3 Å². The number of hydrogen-bond acceptors (Lipinski definition) is 6. The fourth-order valence-electron chi connectivity index (χ4n) is 5.10. The van der Waals surface area contributed by atoms with Crippen molar-refractivity contribution in [3.63, 3.8) is 0 Å². The Morgan fingerprint density at radius 3 is 2.58 bits per heavy atom. The molecule has 38 heavy (non-hydrogen) atoms. The topological polar surface area (TPSA) is 158 Å². The molecular weight excluding hydrogens is 490 g/mol. The lowest BCUT2D eigenvalue weighted by atomic mass is 9.89. The maximum absolute atomic E-state index is 13.1. The molecular formula is C27H35N5O6. The van der Waals surface area contributed by atoms with E-state index in [4.69, 9.17) is 4.74 Å². The normalized spacial score (nSPS) is 18.8. The summed E-state index contributed by atoms with van der Waals surface area (Å²) in [5.41, 5.74) is 1.00. The third-order valence-corrected chi connectivity index (χ3v) is 7.22. The van der Waals surface area contributed by atoms with Crippen LogP contribution in [0.25, 0.3) is 10.9 Å². The van der Waals surface area contributed by atoms with Crippen molar-refractivity contribution in [3.8, 4) is 5.75 Å². The summed E-state index contributed by atoms with van der Waals surface area (Å²) >= 11 is 0. The molecule has 2 unspecified atom stereocenters. The van der Waals surface area contributed by atoms with Crippen molar-refractivity contribution in [1.29, 1.82) is 0 Å². The quantitative estimate of drug-likeness (QED) is 0.294. The number of benzene rings is 1. The monoisotopic (exact) mass is 525 g/mol. The SMILES string of the molecule is COc1ccc2[nH]c(C(=O)NCC(=O)NC(CC3CCCNC3=O)C(=O)C(=O)NC3CCCCC3)cc2c1. The third-order valence-electron chi connectivity index (χ3n) is 7.22. The number of ketones is 1. The Balaban J connectivity index is 1.37. The van der Waals surface area contributed by atoms with Crippen molar-refractivity contribution in [2.24, 2.45) is 5.92 Å². The fraction of sp³-hybridized carbons (Fsp3) is 0.519. The second-order valence-corrected chi connectivity index (χ2v) is 9.98. The van der Waals surface area contributed by atoms with Crippen LogP contribution in [0, 0.1) is 5.92 Å². The fourth-order valence-corrected chi connectivity index (χ4v) is 5.10. The predicted octanol–water partition coefficient (Wildman–Crippen LogP) is 1.33. The highest BCUT2D eigenvalue weighted by atomic mass is 16.5. The molecule has 1 saturated carbocycles. The maximum Gasteiger partial charge on any atom is 0.289 e. The van der Waals surface area contributed by atoms with Crippen LogP contribution in [0.2, 0.25) is 0 Å². The zero-order chi connectivity index (χ0) is 27.1. The maximum atomic E-state index is 13.1. The zero-order valence-corrected chi connectivity index (χ0v) is 21.6. The van der Waals surface area contributed by atoms with E-state index in [1.54, 1.807) is 31.4 Å². The van der Waals surface area contributed by atoms with Crippen molar-refractivity contribution in [3.05, 3.63) is 30.0 Å². The molecule has 2 aromatic rings. The lowest BCUT2D eigenvalue weighted by Gasteiger charge is -2.27. The van der Waals surface area contributed by atoms with Gasteiger partial charge in [0.05, 0.1) is 19.7 Å². The lowest BCUT2D eigenvalue weighted by Crippen LogP contribution is -2.53. The largest absolute Gasteiger partial charge is 0.497 e. The molecule has 5 N–H and O–H groups in total. The first-order valence-corrected chi connectivity index (χ1v) is 13.2. The number of methoxy groups -OCH3 is 1. The van der Waals surface area contributed by atoms with E-state index in [1.807, 2.05) is 0 Å². The molecule has 4 rings (SSSR count). The number of hydrogen-bond donors (Lipinski definition) is 5. The first-order valence-electron chi connectivity index (χ1n) is 13.2. The van der Waals surface area contributed by atoms with Gasteiger partial charge in [-0.25, -0.2) is 0 Å². The highest BCUT2D eigenvalue weighted by Gasteiger charge is 2.34. The smallest absolute Gasteiger partial charge is 0.289 e. The van der Waals surface area contributed by atoms with Gasteiger partial charge in [0, 0.05) is 29.4 Å². The predicted molar refractivity (Wildman–Crippen MR) is 139 cm³/mol. The van der Waals surface area contributed by atoms with Crippen molar-refractivity contribution in [2.45, 2.75) is 63.5 Å². The van der Waals surface area contributed by atoms with Gasteiger partial charge >= 0.3 is 0 Å². The molecule has 11 heteroatoms. The minimum atomic E-state index is -1.17. The summed E-state index contributed by atoms with van der Waals surface area (Å²) in [6.07, 6.45) is 6.06. The van der Waals surface area contributed by atoms with Gasteiger partial charge in [-0.2, -0.15) is 0 Å².